The minimum atomic E-state index is 1.15. The van der Waals surface area contributed by atoms with Gasteiger partial charge in [0.25, 0.3) is 0 Å². The molecule has 50 heavy (non-hydrogen) atoms. The molecule has 0 aliphatic heterocycles. The number of benzene rings is 9. The molecule has 2 nitrogen and oxygen atoms in total. The molecule has 0 aliphatic rings. The van der Waals surface area contributed by atoms with Crippen LogP contribution in [-0.4, -0.2) is 9.13 Å². The summed E-state index contributed by atoms with van der Waals surface area (Å²) in [7, 11) is 0. The second-order valence-electron chi connectivity index (χ2n) is 13.3. The van der Waals surface area contributed by atoms with Crippen molar-refractivity contribution in [1.82, 2.24) is 9.13 Å². The van der Waals surface area contributed by atoms with Crippen LogP contribution in [0.3, 0.4) is 0 Å². The van der Waals surface area contributed by atoms with Crippen molar-refractivity contribution in [2.45, 2.75) is 0 Å². The fourth-order valence-electron chi connectivity index (χ4n) is 8.51. The predicted octanol–water partition coefficient (Wildman–Crippen LogP) is 13.0. The predicted molar refractivity (Wildman–Crippen MR) is 213 cm³/mol. The quantitative estimate of drug-likeness (QED) is 0.183. The van der Waals surface area contributed by atoms with Gasteiger partial charge in [0.2, 0.25) is 0 Å². The Balaban J connectivity index is 1.40. The van der Waals surface area contributed by atoms with Crippen molar-refractivity contribution >= 4 is 75.9 Å². The van der Waals surface area contributed by atoms with E-state index in [4.69, 9.17) is 0 Å². The normalized spacial score (nSPS) is 12.0. The van der Waals surface area contributed by atoms with Crippen LogP contribution < -0.4 is 0 Å². The number of nitrogens with zero attached hydrogens (tertiary/aromatic N) is 2. The van der Waals surface area contributed by atoms with Gasteiger partial charge in [-0.25, -0.2) is 0 Å². The molecule has 2 heterocycles. The lowest BCUT2D eigenvalue weighted by Crippen LogP contribution is -1.97. The van der Waals surface area contributed by atoms with Crippen molar-refractivity contribution < 1.29 is 0 Å². The van der Waals surface area contributed by atoms with Gasteiger partial charge in [-0.3, -0.25) is 0 Å². The zero-order chi connectivity index (χ0) is 32.8. The fourth-order valence-corrected chi connectivity index (χ4v) is 8.51. The zero-order valence-electron chi connectivity index (χ0n) is 27.2. The average Bonchev–Trinajstić information content (AvgIpc) is 3.72. The number of para-hydroxylation sites is 1. The molecule has 11 aromatic rings. The maximum absolute atomic E-state index is 2.54. The number of rotatable bonds is 3. The van der Waals surface area contributed by atoms with Gasteiger partial charge in [0.1, 0.15) is 0 Å². The van der Waals surface area contributed by atoms with Crippen LogP contribution in [0.25, 0.3) is 98.4 Å². The largest absolute Gasteiger partial charge is 0.309 e. The molecule has 2 heteroatoms. The van der Waals surface area contributed by atoms with Crippen molar-refractivity contribution in [2.75, 3.05) is 0 Å². The van der Waals surface area contributed by atoms with Gasteiger partial charge in [0.05, 0.1) is 22.1 Å². The topological polar surface area (TPSA) is 9.86 Å². The van der Waals surface area contributed by atoms with Crippen LogP contribution in [0.4, 0.5) is 0 Å². The molecule has 9 aromatic carbocycles. The van der Waals surface area contributed by atoms with Crippen LogP contribution >= 0.6 is 0 Å². The lowest BCUT2D eigenvalue weighted by molar-refractivity contribution is 1.18. The highest BCUT2D eigenvalue weighted by molar-refractivity contribution is 6.39. The summed E-state index contributed by atoms with van der Waals surface area (Å²) in [6.07, 6.45) is 0. The summed E-state index contributed by atoms with van der Waals surface area (Å²) in [4.78, 5) is 0. The molecule has 0 N–H and O–H groups in total. The molecule has 0 spiro atoms. The van der Waals surface area contributed by atoms with Crippen LogP contribution in [0.2, 0.25) is 0 Å². The fraction of sp³-hybridized carbons (Fsp3) is 0. The van der Waals surface area contributed by atoms with Gasteiger partial charge in [0.15, 0.2) is 0 Å². The molecule has 0 unspecified atom stereocenters. The molecule has 232 valence electrons. The van der Waals surface area contributed by atoms with Gasteiger partial charge in [-0.15, -0.1) is 0 Å². The Hall–Kier alpha value is -6.64. The van der Waals surface area contributed by atoms with Crippen molar-refractivity contribution in [2.24, 2.45) is 0 Å². The molecule has 0 fully saturated rings. The molecular weight excluding hydrogens is 605 g/mol. The summed E-state index contributed by atoms with van der Waals surface area (Å²) >= 11 is 0. The summed E-state index contributed by atoms with van der Waals surface area (Å²) in [5.74, 6) is 0. The van der Waals surface area contributed by atoms with Gasteiger partial charge in [-0.1, -0.05) is 146 Å². The van der Waals surface area contributed by atoms with E-state index in [0.717, 1.165) is 5.69 Å². The first-order valence-electron chi connectivity index (χ1n) is 17.3. The summed E-state index contributed by atoms with van der Waals surface area (Å²) in [5.41, 5.74) is 9.63. The Morgan fingerprint density at radius 3 is 1.76 bits per heavy atom. The molecular formula is C48H30N2. The Bertz CT molecular complexity index is 3140. The molecule has 0 amide bonds. The second-order valence-corrected chi connectivity index (χ2v) is 13.3. The zero-order valence-corrected chi connectivity index (χ0v) is 27.2. The molecule has 2 aromatic heterocycles. The van der Waals surface area contributed by atoms with Gasteiger partial charge >= 0.3 is 0 Å². The first kappa shape index (κ1) is 27.3. The van der Waals surface area contributed by atoms with Crippen LogP contribution in [0.5, 0.6) is 0 Å². The molecule has 11 rings (SSSR count). The molecule has 0 saturated heterocycles. The lowest BCUT2D eigenvalue weighted by Gasteiger charge is -2.14. The van der Waals surface area contributed by atoms with E-state index in [-0.39, 0.29) is 0 Å². The third-order valence-electron chi connectivity index (χ3n) is 10.6. The number of aromatic nitrogens is 2. The maximum atomic E-state index is 2.54. The van der Waals surface area contributed by atoms with Crippen molar-refractivity contribution in [1.29, 1.82) is 0 Å². The molecule has 0 atom stereocenters. The van der Waals surface area contributed by atoms with Crippen molar-refractivity contribution in [3.8, 4) is 22.5 Å². The van der Waals surface area contributed by atoms with Crippen LogP contribution in [0, 0.1) is 0 Å². The van der Waals surface area contributed by atoms with Crippen LogP contribution in [0.15, 0.2) is 182 Å². The van der Waals surface area contributed by atoms with E-state index < -0.39 is 0 Å². The van der Waals surface area contributed by atoms with Crippen molar-refractivity contribution in [3.63, 3.8) is 0 Å². The van der Waals surface area contributed by atoms with Crippen LogP contribution in [0.1, 0.15) is 0 Å². The molecule has 0 aliphatic carbocycles. The van der Waals surface area contributed by atoms with E-state index >= 15 is 0 Å². The number of hydrogen-bond acceptors (Lipinski definition) is 0. The third-order valence-corrected chi connectivity index (χ3v) is 10.6. The summed E-state index contributed by atoms with van der Waals surface area (Å²) in [5, 5.41) is 12.6. The highest BCUT2D eigenvalue weighted by Crippen LogP contribution is 2.48. The third kappa shape index (κ3) is 3.79. The standard InChI is InChI=1S/C48H30N2/c1-2-13-31(14-3-1)35-18-12-19-36(29-35)50-43-28-26-33-16-6-7-20-38(33)44(43)45-39-21-8-9-22-40(39)47-46(48(45)50)41-23-10-11-24-42(41)49(47)37-27-25-32-15-4-5-17-34(32)30-37/h1-30H. The Labute approximate surface area is 288 Å². The smallest absolute Gasteiger partial charge is 0.0648 e. The first-order valence-corrected chi connectivity index (χ1v) is 17.3. The Morgan fingerprint density at radius 2 is 0.900 bits per heavy atom. The molecule has 0 saturated carbocycles. The lowest BCUT2D eigenvalue weighted by atomic mass is 9.97. The Kier molecular flexibility index (Phi) is 5.70. The minimum Gasteiger partial charge on any atom is -0.309 e. The SMILES string of the molecule is c1ccc(-c2cccc(-n3c4ccc5ccccc5c4c4c5ccccc5c5c(c6ccccc6n5-c5ccc6ccccc6c5)c43)c2)cc1. The van der Waals surface area contributed by atoms with Gasteiger partial charge < -0.3 is 9.13 Å². The van der Waals surface area contributed by atoms with E-state index in [9.17, 15) is 0 Å². The highest BCUT2D eigenvalue weighted by atomic mass is 15.0. The van der Waals surface area contributed by atoms with Gasteiger partial charge in [-0.2, -0.15) is 0 Å². The molecule has 0 bridgehead atoms. The van der Waals surface area contributed by atoms with Crippen molar-refractivity contribution in [3.05, 3.63) is 182 Å². The number of fused-ring (bicyclic) bond motifs is 13. The molecule has 0 radical (unpaired) electrons. The average molecular weight is 635 g/mol. The monoisotopic (exact) mass is 634 g/mol. The van der Waals surface area contributed by atoms with E-state index in [1.807, 2.05) is 0 Å². The number of hydrogen-bond donors (Lipinski definition) is 0. The van der Waals surface area contributed by atoms with Gasteiger partial charge in [-0.05, 0) is 74.5 Å². The van der Waals surface area contributed by atoms with E-state index in [1.54, 1.807) is 0 Å². The minimum absolute atomic E-state index is 1.15. The highest BCUT2D eigenvalue weighted by Gasteiger charge is 2.25. The van der Waals surface area contributed by atoms with E-state index in [0.29, 0.717) is 0 Å². The maximum Gasteiger partial charge on any atom is 0.0648 e. The summed E-state index contributed by atoms with van der Waals surface area (Å²) in [6.45, 7) is 0. The van der Waals surface area contributed by atoms with Crippen LogP contribution in [-0.2, 0) is 0 Å². The summed E-state index contributed by atoms with van der Waals surface area (Å²) < 4.78 is 5.04. The van der Waals surface area contributed by atoms with Gasteiger partial charge in [0, 0.05) is 38.3 Å². The van der Waals surface area contributed by atoms with E-state index in [2.05, 4.69) is 191 Å². The summed E-state index contributed by atoms with van der Waals surface area (Å²) in [6, 6.07) is 66.7. The first-order chi connectivity index (χ1) is 24.8. The second kappa shape index (κ2) is 10.4. The van der Waals surface area contributed by atoms with E-state index in [1.165, 1.54) is 92.7 Å². The Morgan fingerprint density at radius 1 is 0.280 bits per heavy atom.